The van der Waals surface area contributed by atoms with Crippen LogP contribution in [0.2, 0.25) is 0 Å². The molecular formula is C22H28F2N2O4. The van der Waals surface area contributed by atoms with E-state index in [-0.39, 0.29) is 24.2 Å². The van der Waals surface area contributed by atoms with Gasteiger partial charge in [0.25, 0.3) is 5.91 Å². The molecule has 1 N–H and O–H groups in total. The lowest BCUT2D eigenvalue weighted by Gasteiger charge is -2.43. The van der Waals surface area contributed by atoms with Gasteiger partial charge in [-0.05, 0) is 50.2 Å². The minimum absolute atomic E-state index is 0.0265. The maximum absolute atomic E-state index is 13.8. The van der Waals surface area contributed by atoms with E-state index in [1.165, 1.54) is 4.90 Å². The molecule has 2 heterocycles. The number of benzene rings is 1. The summed E-state index contributed by atoms with van der Waals surface area (Å²) < 4.78 is 39.2. The van der Waals surface area contributed by atoms with Crippen LogP contribution in [-0.2, 0) is 14.3 Å². The van der Waals surface area contributed by atoms with Gasteiger partial charge in [-0.3, -0.25) is 14.5 Å². The predicted octanol–water partition coefficient (Wildman–Crippen LogP) is 3.01. The summed E-state index contributed by atoms with van der Waals surface area (Å²) >= 11 is 0. The smallest absolute Gasteiger partial charge is 0.257 e. The first-order valence-electron chi connectivity index (χ1n) is 10.7. The molecule has 0 bridgehead atoms. The van der Waals surface area contributed by atoms with Crippen molar-refractivity contribution in [3.8, 4) is 0 Å². The molecule has 2 amide bonds. The van der Waals surface area contributed by atoms with Crippen molar-refractivity contribution in [3.63, 3.8) is 0 Å². The van der Waals surface area contributed by atoms with Crippen LogP contribution in [0, 0.1) is 17.6 Å². The van der Waals surface area contributed by atoms with Crippen LogP contribution in [0.15, 0.2) is 18.2 Å². The van der Waals surface area contributed by atoms with Gasteiger partial charge in [0.2, 0.25) is 5.91 Å². The predicted molar refractivity (Wildman–Crippen MR) is 105 cm³/mol. The second-order valence-electron chi connectivity index (χ2n) is 8.69. The first-order valence-corrected chi connectivity index (χ1v) is 10.7. The fourth-order valence-electron chi connectivity index (χ4n) is 4.96. The van der Waals surface area contributed by atoms with Gasteiger partial charge in [0.05, 0.1) is 12.7 Å². The van der Waals surface area contributed by atoms with E-state index in [0.717, 1.165) is 43.9 Å². The van der Waals surface area contributed by atoms with Gasteiger partial charge in [0.15, 0.2) is 0 Å². The minimum Gasteiger partial charge on any atom is -0.376 e. The van der Waals surface area contributed by atoms with Crippen molar-refractivity contribution in [1.29, 1.82) is 0 Å². The molecule has 4 atom stereocenters. The van der Waals surface area contributed by atoms with Gasteiger partial charge in [-0.15, -0.1) is 0 Å². The zero-order chi connectivity index (χ0) is 21.3. The van der Waals surface area contributed by atoms with E-state index in [2.05, 4.69) is 12.2 Å². The molecule has 0 aromatic heterocycles. The second-order valence-corrected chi connectivity index (χ2v) is 8.69. The largest absolute Gasteiger partial charge is 0.376 e. The van der Waals surface area contributed by atoms with E-state index >= 15 is 0 Å². The van der Waals surface area contributed by atoms with Crippen molar-refractivity contribution in [2.75, 3.05) is 19.8 Å². The molecule has 0 radical (unpaired) electrons. The molecule has 2 aliphatic heterocycles. The van der Waals surface area contributed by atoms with Gasteiger partial charge in [-0.1, -0.05) is 13.3 Å². The van der Waals surface area contributed by atoms with Gasteiger partial charge >= 0.3 is 0 Å². The third kappa shape index (κ3) is 4.21. The Morgan fingerprint density at radius 2 is 1.97 bits per heavy atom. The Morgan fingerprint density at radius 3 is 2.63 bits per heavy atom. The number of carbonyl (C=O) groups is 2. The maximum atomic E-state index is 13.8. The molecule has 1 aromatic rings. The zero-order valence-electron chi connectivity index (χ0n) is 17.2. The van der Waals surface area contributed by atoms with Crippen molar-refractivity contribution < 1.29 is 27.8 Å². The molecule has 1 spiro atoms. The summed E-state index contributed by atoms with van der Waals surface area (Å²) in [5.74, 6) is -2.26. The number of hydrogen-bond acceptors (Lipinski definition) is 4. The summed E-state index contributed by atoms with van der Waals surface area (Å²) in [6.45, 7) is 3.20. The number of amides is 2. The lowest BCUT2D eigenvalue weighted by atomic mass is 9.83. The Bertz CT molecular complexity index is 794. The number of nitrogens with zero attached hydrogens (tertiary/aromatic N) is 1. The Hall–Kier alpha value is -2.06. The van der Waals surface area contributed by atoms with Crippen LogP contribution in [0.5, 0.6) is 0 Å². The minimum atomic E-state index is -0.927. The standard InChI is InChI=1S/C22H28F2N2O4/c1-14-4-2-6-22(11-14)26(21(28)15-8-16(23)10-17(24)9-15)19(13-30-22)20(27)25-12-18-5-3-7-29-18/h8-10,14,18-19H,2-7,11-13H2,1H3,(H,25,27). The van der Waals surface area contributed by atoms with E-state index in [9.17, 15) is 18.4 Å². The SMILES string of the molecule is CC1CCCC2(C1)OCC(C(=O)NCC1CCCO1)N2C(=O)c1cc(F)cc(F)c1. The maximum Gasteiger partial charge on any atom is 0.257 e. The van der Waals surface area contributed by atoms with E-state index in [1.807, 2.05) is 0 Å². The summed E-state index contributed by atoms with van der Waals surface area (Å²) in [6, 6.07) is 1.88. The topological polar surface area (TPSA) is 67.9 Å². The number of rotatable bonds is 4. The highest BCUT2D eigenvalue weighted by atomic mass is 19.1. The number of ether oxygens (including phenoxy) is 2. The number of carbonyl (C=O) groups excluding carboxylic acids is 2. The lowest BCUT2D eigenvalue weighted by Crippen LogP contribution is -2.57. The first-order chi connectivity index (χ1) is 14.4. The Morgan fingerprint density at radius 1 is 1.20 bits per heavy atom. The van der Waals surface area contributed by atoms with Gasteiger partial charge < -0.3 is 14.8 Å². The van der Waals surface area contributed by atoms with Gasteiger partial charge in [-0.2, -0.15) is 0 Å². The average molecular weight is 422 g/mol. The van der Waals surface area contributed by atoms with Crippen LogP contribution in [0.25, 0.3) is 0 Å². The van der Waals surface area contributed by atoms with Crippen molar-refractivity contribution in [3.05, 3.63) is 35.4 Å². The molecule has 3 fully saturated rings. The van der Waals surface area contributed by atoms with Gasteiger partial charge in [0, 0.05) is 24.8 Å². The molecule has 3 aliphatic rings. The molecule has 4 unspecified atom stereocenters. The lowest BCUT2D eigenvalue weighted by molar-refractivity contribution is -0.128. The second kappa shape index (κ2) is 8.59. The summed E-state index contributed by atoms with van der Waals surface area (Å²) in [5.41, 5.74) is -1.05. The van der Waals surface area contributed by atoms with Crippen LogP contribution >= 0.6 is 0 Å². The van der Waals surface area contributed by atoms with Crippen LogP contribution in [0.1, 0.15) is 55.8 Å². The number of halogens is 2. The highest BCUT2D eigenvalue weighted by molar-refractivity contribution is 5.98. The molecule has 1 aromatic carbocycles. The van der Waals surface area contributed by atoms with Crippen molar-refractivity contribution in [2.45, 2.75) is 63.3 Å². The van der Waals surface area contributed by atoms with Crippen molar-refractivity contribution in [1.82, 2.24) is 10.2 Å². The van der Waals surface area contributed by atoms with Gasteiger partial charge in [-0.25, -0.2) is 8.78 Å². The molecule has 164 valence electrons. The molecule has 8 heteroatoms. The molecule has 2 saturated heterocycles. The van der Waals surface area contributed by atoms with Crippen LogP contribution in [-0.4, -0.2) is 54.3 Å². The normalized spacial score (nSPS) is 31.3. The van der Waals surface area contributed by atoms with E-state index in [1.54, 1.807) is 0 Å². The summed E-state index contributed by atoms with van der Waals surface area (Å²) in [5, 5.41) is 2.87. The first kappa shape index (κ1) is 21.2. The fraction of sp³-hybridized carbons (Fsp3) is 0.636. The van der Waals surface area contributed by atoms with E-state index in [0.29, 0.717) is 31.9 Å². The van der Waals surface area contributed by atoms with E-state index in [4.69, 9.17) is 9.47 Å². The Labute approximate surface area is 174 Å². The number of nitrogens with one attached hydrogen (secondary N) is 1. The third-order valence-electron chi connectivity index (χ3n) is 6.35. The highest BCUT2D eigenvalue weighted by Crippen LogP contribution is 2.43. The molecule has 6 nitrogen and oxygen atoms in total. The zero-order valence-corrected chi connectivity index (χ0v) is 17.2. The highest BCUT2D eigenvalue weighted by Gasteiger charge is 2.54. The summed E-state index contributed by atoms with van der Waals surface area (Å²) in [6.07, 6.45) is 4.87. The molecule has 4 rings (SSSR count). The molecule has 1 saturated carbocycles. The van der Waals surface area contributed by atoms with Crippen LogP contribution < -0.4 is 5.32 Å². The monoisotopic (exact) mass is 422 g/mol. The fourth-order valence-corrected chi connectivity index (χ4v) is 4.96. The summed E-state index contributed by atoms with van der Waals surface area (Å²) in [7, 11) is 0. The average Bonchev–Trinajstić information content (AvgIpc) is 3.33. The quantitative estimate of drug-likeness (QED) is 0.810. The molecule has 30 heavy (non-hydrogen) atoms. The van der Waals surface area contributed by atoms with E-state index < -0.39 is 29.3 Å². The third-order valence-corrected chi connectivity index (χ3v) is 6.35. The summed E-state index contributed by atoms with van der Waals surface area (Å²) in [4.78, 5) is 27.8. The van der Waals surface area contributed by atoms with Crippen molar-refractivity contribution >= 4 is 11.8 Å². The molecule has 1 aliphatic carbocycles. The number of hydrogen-bond donors (Lipinski definition) is 1. The van der Waals surface area contributed by atoms with Gasteiger partial charge in [0.1, 0.15) is 23.4 Å². The molecular weight excluding hydrogens is 394 g/mol. The van der Waals surface area contributed by atoms with Crippen LogP contribution in [0.3, 0.4) is 0 Å². The Kier molecular flexibility index (Phi) is 6.06. The Balaban J connectivity index is 1.60. The van der Waals surface area contributed by atoms with Crippen molar-refractivity contribution in [2.24, 2.45) is 5.92 Å². The van der Waals surface area contributed by atoms with Crippen LogP contribution in [0.4, 0.5) is 8.78 Å².